The normalized spacial score (nSPS) is 15.5. The van der Waals surface area contributed by atoms with Crippen molar-refractivity contribution in [3.8, 4) is 0 Å². The van der Waals surface area contributed by atoms with Crippen molar-refractivity contribution < 1.29 is 9.90 Å². The SMILES string of the molecule is O=C(O)N1CCc2nc3ccnn3c(Cl)c2CC1. The first-order valence-corrected chi connectivity index (χ1v) is 6.03. The summed E-state index contributed by atoms with van der Waals surface area (Å²) in [5.74, 6) is 0. The van der Waals surface area contributed by atoms with Crippen LogP contribution in [0.25, 0.3) is 5.65 Å². The van der Waals surface area contributed by atoms with Gasteiger partial charge in [0.05, 0.1) is 11.9 Å². The first-order chi connectivity index (χ1) is 8.66. The number of carbonyl (C=O) groups is 1. The topological polar surface area (TPSA) is 70.7 Å². The molecule has 1 aliphatic rings. The first-order valence-electron chi connectivity index (χ1n) is 5.65. The molecule has 3 heterocycles. The highest BCUT2D eigenvalue weighted by Gasteiger charge is 2.22. The third kappa shape index (κ3) is 1.69. The van der Waals surface area contributed by atoms with Gasteiger partial charge in [0.2, 0.25) is 0 Å². The van der Waals surface area contributed by atoms with Gasteiger partial charge in [0, 0.05) is 31.1 Å². The highest BCUT2D eigenvalue weighted by atomic mass is 35.5. The van der Waals surface area contributed by atoms with Crippen molar-refractivity contribution in [2.75, 3.05) is 13.1 Å². The quantitative estimate of drug-likeness (QED) is 0.733. The predicted molar refractivity (Wildman–Crippen MR) is 65.0 cm³/mol. The number of halogens is 1. The maximum Gasteiger partial charge on any atom is 0.407 e. The van der Waals surface area contributed by atoms with Gasteiger partial charge in [-0.05, 0) is 6.42 Å². The van der Waals surface area contributed by atoms with Crippen LogP contribution in [0.15, 0.2) is 12.3 Å². The number of carboxylic acid groups (broad SMARTS) is 1. The summed E-state index contributed by atoms with van der Waals surface area (Å²) in [6.45, 7) is 0.895. The Kier molecular flexibility index (Phi) is 2.59. The smallest absolute Gasteiger partial charge is 0.407 e. The van der Waals surface area contributed by atoms with E-state index in [0.717, 1.165) is 11.3 Å². The number of rotatable bonds is 0. The van der Waals surface area contributed by atoms with Crippen LogP contribution in [-0.4, -0.2) is 43.8 Å². The van der Waals surface area contributed by atoms with E-state index in [0.29, 0.717) is 36.7 Å². The van der Waals surface area contributed by atoms with Gasteiger partial charge in [0.1, 0.15) is 5.15 Å². The summed E-state index contributed by atoms with van der Waals surface area (Å²) in [6.07, 6.45) is 1.91. The third-order valence-corrected chi connectivity index (χ3v) is 3.56. The fourth-order valence-corrected chi connectivity index (χ4v) is 2.56. The van der Waals surface area contributed by atoms with E-state index in [2.05, 4.69) is 10.1 Å². The number of hydrogen-bond donors (Lipinski definition) is 1. The zero-order chi connectivity index (χ0) is 12.7. The van der Waals surface area contributed by atoms with E-state index in [4.69, 9.17) is 16.7 Å². The monoisotopic (exact) mass is 266 g/mol. The maximum absolute atomic E-state index is 11.0. The Morgan fingerprint density at radius 2 is 2.17 bits per heavy atom. The van der Waals surface area contributed by atoms with E-state index in [9.17, 15) is 4.79 Å². The minimum atomic E-state index is -0.899. The molecular weight excluding hydrogens is 256 g/mol. The minimum Gasteiger partial charge on any atom is -0.465 e. The van der Waals surface area contributed by atoms with E-state index < -0.39 is 6.09 Å². The minimum absolute atomic E-state index is 0.441. The predicted octanol–water partition coefficient (Wildman–Crippen LogP) is 1.46. The van der Waals surface area contributed by atoms with Crippen molar-refractivity contribution in [1.29, 1.82) is 0 Å². The molecule has 1 amide bonds. The summed E-state index contributed by atoms with van der Waals surface area (Å²) in [5.41, 5.74) is 2.47. The molecule has 18 heavy (non-hydrogen) atoms. The van der Waals surface area contributed by atoms with Crippen molar-refractivity contribution in [1.82, 2.24) is 19.5 Å². The summed E-state index contributed by atoms with van der Waals surface area (Å²) >= 11 is 6.30. The molecule has 0 radical (unpaired) electrons. The van der Waals surface area contributed by atoms with Crippen LogP contribution >= 0.6 is 11.6 Å². The lowest BCUT2D eigenvalue weighted by molar-refractivity contribution is 0.147. The number of nitrogens with zero attached hydrogens (tertiary/aromatic N) is 4. The van der Waals surface area contributed by atoms with Crippen LogP contribution in [0.2, 0.25) is 5.15 Å². The summed E-state index contributed by atoms with van der Waals surface area (Å²) in [7, 11) is 0. The molecule has 0 saturated heterocycles. The Bertz CT molecular complexity index is 625. The molecular formula is C11H11ClN4O2. The lowest BCUT2D eigenvalue weighted by Crippen LogP contribution is -2.31. The van der Waals surface area contributed by atoms with Crippen LogP contribution in [0.4, 0.5) is 4.79 Å². The van der Waals surface area contributed by atoms with E-state index in [1.165, 1.54) is 4.90 Å². The first kappa shape index (κ1) is 11.3. The summed E-state index contributed by atoms with van der Waals surface area (Å²) in [4.78, 5) is 16.9. The molecule has 7 heteroatoms. The molecule has 3 rings (SSSR count). The van der Waals surface area contributed by atoms with Crippen molar-refractivity contribution in [3.05, 3.63) is 28.7 Å². The molecule has 0 atom stereocenters. The van der Waals surface area contributed by atoms with Gasteiger partial charge in [-0.2, -0.15) is 5.10 Å². The van der Waals surface area contributed by atoms with Gasteiger partial charge in [-0.15, -0.1) is 0 Å². The van der Waals surface area contributed by atoms with E-state index in [-0.39, 0.29) is 0 Å². The second-order valence-electron chi connectivity index (χ2n) is 4.20. The average molecular weight is 267 g/mol. The maximum atomic E-state index is 11.0. The van der Waals surface area contributed by atoms with E-state index in [1.54, 1.807) is 16.8 Å². The Balaban J connectivity index is 2.06. The molecule has 1 N–H and O–H groups in total. The van der Waals surface area contributed by atoms with Gasteiger partial charge in [0.25, 0.3) is 0 Å². The molecule has 0 aromatic carbocycles. The molecule has 0 bridgehead atoms. The highest BCUT2D eigenvalue weighted by molar-refractivity contribution is 6.30. The van der Waals surface area contributed by atoms with Gasteiger partial charge in [0.15, 0.2) is 5.65 Å². The largest absolute Gasteiger partial charge is 0.465 e. The molecule has 94 valence electrons. The standard InChI is InChI=1S/C11H11ClN4O2/c12-10-7-2-5-15(11(17)18)6-3-8(7)14-9-1-4-13-16(9)10/h1,4H,2-3,5-6H2,(H,17,18). The molecule has 2 aromatic heterocycles. The van der Waals surface area contributed by atoms with Gasteiger partial charge >= 0.3 is 6.09 Å². The fraction of sp³-hybridized carbons (Fsp3) is 0.364. The van der Waals surface area contributed by atoms with Crippen molar-refractivity contribution in [2.45, 2.75) is 12.8 Å². The van der Waals surface area contributed by atoms with Crippen LogP contribution < -0.4 is 0 Å². The van der Waals surface area contributed by atoms with Crippen molar-refractivity contribution in [2.24, 2.45) is 0 Å². The van der Waals surface area contributed by atoms with Crippen LogP contribution in [0.3, 0.4) is 0 Å². The van der Waals surface area contributed by atoms with Gasteiger partial charge in [-0.25, -0.2) is 14.3 Å². The van der Waals surface area contributed by atoms with Crippen LogP contribution in [-0.2, 0) is 12.8 Å². The van der Waals surface area contributed by atoms with E-state index >= 15 is 0 Å². The second kappa shape index (κ2) is 4.13. The third-order valence-electron chi connectivity index (χ3n) is 3.18. The van der Waals surface area contributed by atoms with E-state index in [1.807, 2.05) is 0 Å². The molecule has 6 nitrogen and oxygen atoms in total. The van der Waals surface area contributed by atoms with Gasteiger partial charge < -0.3 is 10.0 Å². The molecule has 0 unspecified atom stereocenters. The number of amides is 1. The Morgan fingerprint density at radius 1 is 1.39 bits per heavy atom. The van der Waals surface area contributed by atoms with Crippen LogP contribution in [0, 0.1) is 0 Å². The zero-order valence-electron chi connectivity index (χ0n) is 9.51. The Morgan fingerprint density at radius 3 is 2.94 bits per heavy atom. The van der Waals surface area contributed by atoms with Crippen molar-refractivity contribution in [3.63, 3.8) is 0 Å². The molecule has 2 aromatic rings. The summed E-state index contributed by atoms with van der Waals surface area (Å²) in [5, 5.41) is 13.7. The Hall–Kier alpha value is -1.82. The Labute approximate surface area is 108 Å². The zero-order valence-corrected chi connectivity index (χ0v) is 10.3. The molecule has 0 spiro atoms. The number of fused-ring (bicyclic) bond motifs is 2. The summed E-state index contributed by atoms with van der Waals surface area (Å²) in [6, 6.07) is 1.78. The highest BCUT2D eigenvalue weighted by Crippen LogP contribution is 2.23. The second-order valence-corrected chi connectivity index (χ2v) is 4.56. The lowest BCUT2D eigenvalue weighted by Gasteiger charge is -2.14. The lowest BCUT2D eigenvalue weighted by atomic mass is 10.1. The molecule has 0 aliphatic carbocycles. The number of aromatic nitrogens is 3. The molecule has 0 saturated carbocycles. The molecule has 1 aliphatic heterocycles. The average Bonchev–Trinajstić information content (AvgIpc) is 2.68. The van der Waals surface area contributed by atoms with Crippen LogP contribution in [0.1, 0.15) is 11.3 Å². The molecule has 0 fully saturated rings. The summed E-state index contributed by atoms with van der Waals surface area (Å²) < 4.78 is 1.58. The fourth-order valence-electron chi connectivity index (χ4n) is 2.23. The van der Waals surface area contributed by atoms with Gasteiger partial charge in [-0.3, -0.25) is 0 Å². The van der Waals surface area contributed by atoms with Crippen LogP contribution in [0.5, 0.6) is 0 Å². The van der Waals surface area contributed by atoms with Gasteiger partial charge in [-0.1, -0.05) is 11.6 Å². The number of hydrogen-bond acceptors (Lipinski definition) is 3. The van der Waals surface area contributed by atoms with Crippen molar-refractivity contribution >= 4 is 23.3 Å².